The average Bonchev–Trinajstić information content (AvgIpc) is 2.38. The standard InChI is InChI=1S/C13H11BrF2N2O/c14-9-5-10(15)13(16)11(6-9)19-12-2-1-8(3-4-17)7-18-12/h1-2,5-7H,3-4,17H2. The fraction of sp³-hybridized carbons (Fsp3) is 0.154. The summed E-state index contributed by atoms with van der Waals surface area (Å²) in [6.07, 6.45) is 2.29. The minimum absolute atomic E-state index is 0.192. The Hall–Kier alpha value is -1.53. The van der Waals surface area contributed by atoms with Crippen molar-refractivity contribution in [1.29, 1.82) is 0 Å². The van der Waals surface area contributed by atoms with E-state index >= 15 is 0 Å². The first kappa shape index (κ1) is 13.9. The Bertz CT molecular complexity index is 576. The molecule has 2 aromatic rings. The highest BCUT2D eigenvalue weighted by atomic mass is 79.9. The van der Waals surface area contributed by atoms with Crippen LogP contribution in [-0.4, -0.2) is 11.5 Å². The molecule has 3 nitrogen and oxygen atoms in total. The first-order valence-electron chi connectivity index (χ1n) is 5.57. The molecule has 100 valence electrons. The quantitative estimate of drug-likeness (QED) is 0.875. The van der Waals surface area contributed by atoms with Crippen LogP contribution in [-0.2, 0) is 6.42 Å². The number of benzene rings is 1. The molecule has 2 N–H and O–H groups in total. The first-order valence-corrected chi connectivity index (χ1v) is 6.37. The Labute approximate surface area is 117 Å². The Kier molecular flexibility index (Phi) is 4.44. The molecule has 0 fully saturated rings. The van der Waals surface area contributed by atoms with Crippen LogP contribution in [0, 0.1) is 11.6 Å². The van der Waals surface area contributed by atoms with Gasteiger partial charge in [-0.05, 0) is 30.7 Å². The molecule has 1 aromatic heterocycles. The molecule has 0 amide bonds. The summed E-state index contributed by atoms with van der Waals surface area (Å²) in [6.45, 7) is 0.521. The van der Waals surface area contributed by atoms with Crippen molar-refractivity contribution in [3.05, 3.63) is 52.1 Å². The number of hydrogen-bond acceptors (Lipinski definition) is 3. The van der Waals surface area contributed by atoms with Crippen LogP contribution in [0.5, 0.6) is 11.6 Å². The van der Waals surface area contributed by atoms with Crippen molar-refractivity contribution in [2.45, 2.75) is 6.42 Å². The zero-order chi connectivity index (χ0) is 13.8. The molecule has 19 heavy (non-hydrogen) atoms. The summed E-state index contributed by atoms with van der Waals surface area (Å²) in [5, 5.41) is 0. The lowest BCUT2D eigenvalue weighted by atomic mass is 10.2. The van der Waals surface area contributed by atoms with Crippen LogP contribution in [0.3, 0.4) is 0 Å². The molecule has 0 bridgehead atoms. The van der Waals surface area contributed by atoms with E-state index in [2.05, 4.69) is 20.9 Å². The summed E-state index contributed by atoms with van der Waals surface area (Å²) >= 11 is 3.07. The molecular weight excluding hydrogens is 318 g/mol. The lowest BCUT2D eigenvalue weighted by Gasteiger charge is -2.07. The van der Waals surface area contributed by atoms with Crippen LogP contribution in [0.1, 0.15) is 5.56 Å². The molecule has 0 radical (unpaired) electrons. The maximum atomic E-state index is 13.5. The van der Waals surface area contributed by atoms with Crippen molar-refractivity contribution >= 4 is 15.9 Å². The summed E-state index contributed by atoms with van der Waals surface area (Å²) < 4.78 is 32.3. The van der Waals surface area contributed by atoms with Crippen molar-refractivity contribution < 1.29 is 13.5 Å². The van der Waals surface area contributed by atoms with Gasteiger partial charge in [-0.3, -0.25) is 0 Å². The van der Waals surface area contributed by atoms with Gasteiger partial charge in [0.15, 0.2) is 11.6 Å². The molecule has 0 saturated heterocycles. The molecule has 2 rings (SSSR count). The van der Waals surface area contributed by atoms with Crippen molar-refractivity contribution in [3.8, 4) is 11.6 Å². The summed E-state index contributed by atoms with van der Waals surface area (Å²) in [4.78, 5) is 4.01. The van der Waals surface area contributed by atoms with Gasteiger partial charge in [-0.15, -0.1) is 0 Å². The number of rotatable bonds is 4. The molecule has 6 heteroatoms. The molecule has 0 aliphatic heterocycles. The largest absolute Gasteiger partial charge is 0.436 e. The Morgan fingerprint density at radius 3 is 2.68 bits per heavy atom. The van der Waals surface area contributed by atoms with E-state index < -0.39 is 11.6 Å². The van der Waals surface area contributed by atoms with Gasteiger partial charge in [-0.2, -0.15) is 4.39 Å². The predicted octanol–water partition coefficient (Wildman–Crippen LogP) is 3.42. The predicted molar refractivity (Wildman–Crippen MR) is 71.1 cm³/mol. The van der Waals surface area contributed by atoms with Crippen molar-refractivity contribution in [3.63, 3.8) is 0 Å². The second kappa shape index (κ2) is 6.08. The molecule has 0 aliphatic rings. The lowest BCUT2D eigenvalue weighted by molar-refractivity contribution is 0.404. The van der Waals surface area contributed by atoms with Crippen LogP contribution < -0.4 is 10.5 Å². The Balaban J connectivity index is 2.21. The van der Waals surface area contributed by atoms with E-state index in [0.29, 0.717) is 17.4 Å². The number of nitrogens with zero attached hydrogens (tertiary/aromatic N) is 1. The van der Waals surface area contributed by atoms with Crippen LogP contribution in [0.4, 0.5) is 8.78 Å². The van der Waals surface area contributed by atoms with Gasteiger partial charge in [0.05, 0.1) is 0 Å². The summed E-state index contributed by atoms with van der Waals surface area (Å²) in [5.41, 5.74) is 6.37. The minimum Gasteiger partial charge on any atom is -0.436 e. The summed E-state index contributed by atoms with van der Waals surface area (Å²) in [7, 11) is 0. The first-order chi connectivity index (χ1) is 9.10. The van der Waals surface area contributed by atoms with E-state index in [4.69, 9.17) is 10.5 Å². The number of aromatic nitrogens is 1. The van der Waals surface area contributed by atoms with E-state index in [1.807, 2.05) is 0 Å². The van der Waals surface area contributed by atoms with Crippen molar-refractivity contribution in [2.75, 3.05) is 6.54 Å². The second-order valence-electron chi connectivity index (χ2n) is 3.85. The minimum atomic E-state index is -1.05. The van der Waals surface area contributed by atoms with Gasteiger partial charge < -0.3 is 10.5 Å². The molecule has 1 heterocycles. The highest BCUT2D eigenvalue weighted by Crippen LogP contribution is 2.28. The SMILES string of the molecule is NCCc1ccc(Oc2cc(Br)cc(F)c2F)nc1. The van der Waals surface area contributed by atoms with Gasteiger partial charge in [0, 0.05) is 16.7 Å². The Morgan fingerprint density at radius 2 is 2.05 bits per heavy atom. The fourth-order valence-electron chi connectivity index (χ4n) is 1.51. The van der Waals surface area contributed by atoms with E-state index in [-0.39, 0.29) is 11.6 Å². The third kappa shape index (κ3) is 3.48. The third-order valence-corrected chi connectivity index (χ3v) is 2.86. The van der Waals surface area contributed by atoms with Crippen molar-refractivity contribution in [1.82, 2.24) is 4.98 Å². The van der Waals surface area contributed by atoms with Crippen LogP contribution in [0.15, 0.2) is 34.9 Å². The molecule has 0 atom stereocenters. The van der Waals surface area contributed by atoms with E-state index in [0.717, 1.165) is 11.6 Å². The van der Waals surface area contributed by atoms with Crippen LogP contribution in [0.2, 0.25) is 0 Å². The maximum Gasteiger partial charge on any atom is 0.219 e. The monoisotopic (exact) mass is 328 g/mol. The zero-order valence-electron chi connectivity index (χ0n) is 9.87. The highest BCUT2D eigenvalue weighted by Gasteiger charge is 2.12. The highest BCUT2D eigenvalue weighted by molar-refractivity contribution is 9.10. The summed E-state index contributed by atoms with van der Waals surface area (Å²) in [5.74, 6) is -2.05. The second-order valence-corrected chi connectivity index (χ2v) is 4.76. The molecule has 1 aromatic carbocycles. The van der Waals surface area contributed by atoms with Gasteiger partial charge in [-0.25, -0.2) is 9.37 Å². The smallest absolute Gasteiger partial charge is 0.219 e. The maximum absolute atomic E-state index is 13.5. The van der Waals surface area contributed by atoms with E-state index in [1.54, 1.807) is 18.3 Å². The lowest BCUT2D eigenvalue weighted by Crippen LogP contribution is -2.03. The molecular formula is C13H11BrF2N2O. The van der Waals surface area contributed by atoms with Gasteiger partial charge >= 0.3 is 0 Å². The molecule has 0 unspecified atom stereocenters. The van der Waals surface area contributed by atoms with Gasteiger partial charge in [0.25, 0.3) is 0 Å². The number of nitrogens with two attached hydrogens (primary N) is 1. The third-order valence-electron chi connectivity index (χ3n) is 2.40. The van der Waals surface area contributed by atoms with Crippen molar-refractivity contribution in [2.24, 2.45) is 5.73 Å². The topological polar surface area (TPSA) is 48.1 Å². The van der Waals surface area contributed by atoms with Gasteiger partial charge in [0.1, 0.15) is 0 Å². The van der Waals surface area contributed by atoms with Gasteiger partial charge in [0.2, 0.25) is 11.7 Å². The fourth-order valence-corrected chi connectivity index (χ4v) is 1.91. The normalized spacial score (nSPS) is 10.5. The zero-order valence-corrected chi connectivity index (χ0v) is 11.5. The number of halogens is 3. The van der Waals surface area contributed by atoms with Gasteiger partial charge in [-0.1, -0.05) is 22.0 Å². The molecule has 0 saturated carbocycles. The van der Waals surface area contributed by atoms with E-state index in [9.17, 15) is 8.78 Å². The van der Waals surface area contributed by atoms with Crippen LogP contribution in [0.25, 0.3) is 0 Å². The molecule has 0 aliphatic carbocycles. The molecule has 0 spiro atoms. The summed E-state index contributed by atoms with van der Waals surface area (Å²) in [6, 6.07) is 5.73. The number of hydrogen-bond donors (Lipinski definition) is 1. The van der Waals surface area contributed by atoms with Crippen LogP contribution >= 0.6 is 15.9 Å². The Morgan fingerprint density at radius 1 is 1.26 bits per heavy atom. The average molecular weight is 329 g/mol. The number of pyridine rings is 1. The van der Waals surface area contributed by atoms with E-state index in [1.165, 1.54) is 6.07 Å². The number of ether oxygens (including phenoxy) is 1.